The van der Waals surface area contributed by atoms with E-state index in [9.17, 15) is 0 Å². The van der Waals surface area contributed by atoms with Gasteiger partial charge >= 0.3 is 0 Å². The lowest BCUT2D eigenvalue weighted by atomic mass is 10.1. The highest BCUT2D eigenvalue weighted by molar-refractivity contribution is 6.08. The van der Waals surface area contributed by atoms with Crippen molar-refractivity contribution in [3.05, 3.63) is 30.1 Å². The summed E-state index contributed by atoms with van der Waals surface area (Å²) in [6.07, 6.45) is 3.68. The molecule has 0 amide bonds. The second-order valence-corrected chi connectivity index (χ2v) is 3.20. The van der Waals surface area contributed by atoms with Crippen molar-refractivity contribution < 1.29 is 0 Å². The summed E-state index contributed by atoms with van der Waals surface area (Å²) in [5.41, 5.74) is 1.98. The van der Waals surface area contributed by atoms with Crippen LogP contribution in [0.2, 0.25) is 0 Å². The van der Waals surface area contributed by atoms with Gasteiger partial charge in [-0.05, 0) is 19.1 Å². The van der Waals surface area contributed by atoms with Crippen LogP contribution >= 0.6 is 0 Å². The van der Waals surface area contributed by atoms with Gasteiger partial charge in [-0.3, -0.25) is 4.99 Å². The minimum Gasteiger partial charge on any atom is -0.370 e. The lowest BCUT2D eigenvalue weighted by Crippen LogP contribution is -2.24. The van der Waals surface area contributed by atoms with Crippen LogP contribution in [0.5, 0.6) is 0 Å². The van der Waals surface area contributed by atoms with Crippen LogP contribution in [0.15, 0.2) is 29.5 Å². The Morgan fingerprint density at radius 3 is 3.13 bits per heavy atom. The predicted octanol–water partition coefficient (Wildman–Crippen LogP) is 1.55. The van der Waals surface area contributed by atoms with Crippen LogP contribution in [0.4, 0.5) is 0 Å². The van der Waals surface area contributed by atoms with Crippen LogP contribution in [0.25, 0.3) is 11.0 Å². The lowest BCUT2D eigenvalue weighted by molar-refractivity contribution is 0.963. The fourth-order valence-corrected chi connectivity index (χ4v) is 1.63. The molecule has 0 aliphatic carbocycles. The largest absolute Gasteiger partial charge is 0.370 e. The molecule has 2 aromatic heterocycles. The van der Waals surface area contributed by atoms with E-state index in [0.717, 1.165) is 29.0 Å². The molecule has 2 rings (SSSR count). The Bertz CT molecular complexity index is 484. The molecule has 0 aromatic carbocycles. The van der Waals surface area contributed by atoms with Gasteiger partial charge < -0.3 is 10.3 Å². The van der Waals surface area contributed by atoms with Crippen molar-refractivity contribution in [2.24, 2.45) is 4.99 Å². The van der Waals surface area contributed by atoms with E-state index in [0.29, 0.717) is 0 Å². The molecule has 78 valence electrons. The van der Waals surface area contributed by atoms with E-state index >= 15 is 0 Å². The fraction of sp³-hybridized carbons (Fsp3) is 0.273. The Morgan fingerprint density at radius 2 is 2.40 bits per heavy atom. The number of aromatic nitrogens is 2. The molecule has 4 nitrogen and oxygen atoms in total. The number of hydrogen-bond donors (Lipinski definition) is 2. The molecule has 0 spiro atoms. The Kier molecular flexibility index (Phi) is 2.67. The summed E-state index contributed by atoms with van der Waals surface area (Å²) in [5.74, 6) is 0.907. The number of H-pyrrole nitrogens is 1. The third-order valence-electron chi connectivity index (χ3n) is 2.28. The maximum Gasteiger partial charge on any atom is 0.137 e. The van der Waals surface area contributed by atoms with Gasteiger partial charge in [0.2, 0.25) is 0 Å². The third-order valence-corrected chi connectivity index (χ3v) is 2.28. The van der Waals surface area contributed by atoms with Gasteiger partial charge in [-0.25, -0.2) is 4.98 Å². The van der Waals surface area contributed by atoms with Crippen molar-refractivity contribution in [2.45, 2.75) is 6.92 Å². The van der Waals surface area contributed by atoms with E-state index in [1.54, 1.807) is 13.2 Å². The SMILES string of the molecule is CCNC(=NC)c1ccnc2[nH]ccc12. The number of hydrogen-bond acceptors (Lipinski definition) is 2. The lowest BCUT2D eigenvalue weighted by Gasteiger charge is -2.07. The highest BCUT2D eigenvalue weighted by Gasteiger charge is 2.07. The monoisotopic (exact) mass is 202 g/mol. The van der Waals surface area contributed by atoms with Crippen molar-refractivity contribution in [3.63, 3.8) is 0 Å². The molecule has 0 radical (unpaired) electrons. The topological polar surface area (TPSA) is 53.1 Å². The summed E-state index contributed by atoms with van der Waals surface area (Å²) >= 11 is 0. The van der Waals surface area contributed by atoms with Gasteiger partial charge in [0.15, 0.2) is 0 Å². The van der Waals surface area contributed by atoms with Gasteiger partial charge in [0.05, 0.1) is 0 Å². The van der Waals surface area contributed by atoms with E-state index in [-0.39, 0.29) is 0 Å². The number of nitrogens with zero attached hydrogens (tertiary/aromatic N) is 2. The maximum atomic E-state index is 4.24. The van der Waals surface area contributed by atoms with Crippen LogP contribution < -0.4 is 5.32 Å². The van der Waals surface area contributed by atoms with Crippen molar-refractivity contribution in [1.29, 1.82) is 0 Å². The Labute approximate surface area is 88.4 Å². The molecule has 0 atom stereocenters. The van der Waals surface area contributed by atoms with Gasteiger partial charge in [0.1, 0.15) is 11.5 Å². The summed E-state index contributed by atoms with van der Waals surface area (Å²) in [7, 11) is 1.79. The first-order valence-electron chi connectivity index (χ1n) is 5.00. The summed E-state index contributed by atoms with van der Waals surface area (Å²) in [6.45, 7) is 2.92. The van der Waals surface area contributed by atoms with Crippen molar-refractivity contribution in [3.8, 4) is 0 Å². The van der Waals surface area contributed by atoms with E-state index in [1.165, 1.54) is 0 Å². The molecule has 2 heterocycles. The smallest absolute Gasteiger partial charge is 0.137 e. The Balaban J connectivity index is 2.54. The van der Waals surface area contributed by atoms with E-state index < -0.39 is 0 Å². The molecule has 0 unspecified atom stereocenters. The number of aromatic amines is 1. The van der Waals surface area contributed by atoms with Crippen molar-refractivity contribution in [1.82, 2.24) is 15.3 Å². The number of nitrogens with one attached hydrogen (secondary N) is 2. The standard InChI is InChI=1S/C11H14N4/c1-3-13-10(12-2)8-4-6-14-11-9(8)5-7-15-11/h4-7H,3H2,1-2H3,(H,12,13)(H,14,15). The number of amidine groups is 1. The van der Waals surface area contributed by atoms with Gasteiger partial charge in [0, 0.05) is 36.9 Å². The van der Waals surface area contributed by atoms with Crippen LogP contribution in [-0.4, -0.2) is 29.4 Å². The van der Waals surface area contributed by atoms with Crippen LogP contribution in [-0.2, 0) is 0 Å². The first-order valence-corrected chi connectivity index (χ1v) is 5.00. The second kappa shape index (κ2) is 4.13. The minimum absolute atomic E-state index is 0.862. The second-order valence-electron chi connectivity index (χ2n) is 3.20. The molecule has 2 N–H and O–H groups in total. The van der Waals surface area contributed by atoms with Crippen LogP contribution in [0, 0.1) is 0 Å². The molecule has 15 heavy (non-hydrogen) atoms. The number of rotatable bonds is 2. The zero-order valence-corrected chi connectivity index (χ0v) is 8.91. The molecule has 2 aromatic rings. The zero-order valence-electron chi connectivity index (χ0n) is 8.91. The molecule has 0 saturated heterocycles. The highest BCUT2D eigenvalue weighted by Crippen LogP contribution is 2.15. The van der Waals surface area contributed by atoms with Gasteiger partial charge in [0.25, 0.3) is 0 Å². The summed E-state index contributed by atoms with van der Waals surface area (Å²) in [4.78, 5) is 11.6. The number of aliphatic imine (C=N–C) groups is 1. The van der Waals surface area contributed by atoms with Gasteiger partial charge in [-0.2, -0.15) is 0 Å². The summed E-state index contributed by atoms with van der Waals surface area (Å²) in [5, 5.41) is 4.34. The quantitative estimate of drug-likeness (QED) is 0.573. The highest BCUT2D eigenvalue weighted by atomic mass is 15.0. The van der Waals surface area contributed by atoms with E-state index in [1.807, 2.05) is 18.3 Å². The number of fused-ring (bicyclic) bond motifs is 1. The zero-order chi connectivity index (χ0) is 10.7. The maximum absolute atomic E-state index is 4.24. The normalized spacial score (nSPS) is 12.0. The third kappa shape index (κ3) is 1.70. The molecular weight excluding hydrogens is 188 g/mol. The minimum atomic E-state index is 0.862. The van der Waals surface area contributed by atoms with Crippen LogP contribution in [0.1, 0.15) is 12.5 Å². The predicted molar refractivity (Wildman–Crippen MR) is 62.2 cm³/mol. The molecule has 0 bridgehead atoms. The van der Waals surface area contributed by atoms with E-state index in [2.05, 4.69) is 27.2 Å². The average Bonchev–Trinajstić information content (AvgIpc) is 2.73. The van der Waals surface area contributed by atoms with Crippen molar-refractivity contribution >= 4 is 16.9 Å². The van der Waals surface area contributed by atoms with E-state index in [4.69, 9.17) is 0 Å². The number of pyridine rings is 1. The van der Waals surface area contributed by atoms with Crippen molar-refractivity contribution in [2.75, 3.05) is 13.6 Å². The Morgan fingerprint density at radius 1 is 1.53 bits per heavy atom. The first kappa shape index (κ1) is 9.71. The Hall–Kier alpha value is -1.84. The first-order chi connectivity index (χ1) is 7.36. The molecule has 0 saturated carbocycles. The molecule has 0 fully saturated rings. The summed E-state index contributed by atoms with van der Waals surface area (Å²) in [6, 6.07) is 3.99. The van der Waals surface area contributed by atoms with Crippen LogP contribution in [0.3, 0.4) is 0 Å². The molecule has 4 heteroatoms. The molecule has 0 aliphatic heterocycles. The molecule has 0 aliphatic rings. The van der Waals surface area contributed by atoms with Gasteiger partial charge in [-0.15, -0.1) is 0 Å². The average molecular weight is 202 g/mol. The molecular formula is C11H14N4. The summed E-state index contributed by atoms with van der Waals surface area (Å²) < 4.78 is 0. The fourth-order valence-electron chi connectivity index (χ4n) is 1.63. The van der Waals surface area contributed by atoms with Gasteiger partial charge in [-0.1, -0.05) is 0 Å².